The zero-order valence-electron chi connectivity index (χ0n) is 10.2. The van der Waals surface area contributed by atoms with Crippen LogP contribution in [0.3, 0.4) is 0 Å². The molecule has 0 saturated carbocycles. The molecule has 92 valence electrons. The molecule has 1 rings (SSSR count). The van der Waals surface area contributed by atoms with E-state index in [0.717, 1.165) is 11.3 Å². The Morgan fingerprint density at radius 3 is 2.53 bits per heavy atom. The molecule has 0 saturated heterocycles. The van der Waals surface area contributed by atoms with Crippen molar-refractivity contribution in [1.82, 2.24) is 5.43 Å². The number of hydrazone groups is 1. The highest BCUT2D eigenvalue weighted by Crippen LogP contribution is 2.11. The van der Waals surface area contributed by atoms with Crippen LogP contribution >= 0.6 is 0 Å². The monoisotopic (exact) mass is 236 g/mol. The molecule has 17 heavy (non-hydrogen) atoms. The molecule has 0 spiro atoms. The van der Waals surface area contributed by atoms with Crippen molar-refractivity contribution in [3.8, 4) is 5.75 Å². The van der Waals surface area contributed by atoms with Crippen LogP contribution < -0.4 is 10.2 Å². The van der Waals surface area contributed by atoms with Crippen LogP contribution in [-0.2, 0) is 4.74 Å². The number of benzene rings is 1. The first-order valence-corrected chi connectivity index (χ1v) is 5.28. The summed E-state index contributed by atoms with van der Waals surface area (Å²) in [5, 5.41) is 3.92. The van der Waals surface area contributed by atoms with Crippen molar-refractivity contribution in [2.24, 2.45) is 5.10 Å². The van der Waals surface area contributed by atoms with Gasteiger partial charge in [0.05, 0.1) is 19.4 Å². The summed E-state index contributed by atoms with van der Waals surface area (Å²) in [6, 6.07) is 7.40. The SMILES string of the molecule is CCOC(=O)NN=C(C)c1ccc(OC)cc1. The summed E-state index contributed by atoms with van der Waals surface area (Å²) in [5.41, 5.74) is 3.91. The molecule has 0 bridgehead atoms. The maximum Gasteiger partial charge on any atom is 0.427 e. The smallest absolute Gasteiger partial charge is 0.427 e. The molecule has 0 aromatic heterocycles. The minimum Gasteiger partial charge on any atom is -0.497 e. The van der Waals surface area contributed by atoms with Gasteiger partial charge in [-0.15, -0.1) is 0 Å². The zero-order chi connectivity index (χ0) is 12.7. The Balaban J connectivity index is 2.64. The Bertz CT molecular complexity index is 399. The van der Waals surface area contributed by atoms with Crippen LogP contribution in [0.25, 0.3) is 0 Å². The molecule has 5 heteroatoms. The Kier molecular flexibility index (Phi) is 5.00. The Morgan fingerprint density at radius 2 is 2.00 bits per heavy atom. The van der Waals surface area contributed by atoms with Gasteiger partial charge < -0.3 is 9.47 Å². The predicted molar refractivity (Wildman–Crippen MR) is 65.4 cm³/mol. The number of amides is 1. The van der Waals surface area contributed by atoms with Crippen LogP contribution in [0.2, 0.25) is 0 Å². The normalized spacial score (nSPS) is 10.9. The summed E-state index contributed by atoms with van der Waals surface area (Å²) in [7, 11) is 1.61. The molecule has 0 atom stereocenters. The van der Waals surface area contributed by atoms with Crippen LogP contribution in [0.5, 0.6) is 5.75 Å². The largest absolute Gasteiger partial charge is 0.497 e. The molecule has 0 unspecified atom stereocenters. The summed E-state index contributed by atoms with van der Waals surface area (Å²) in [4.78, 5) is 11.0. The molecule has 1 aromatic rings. The first-order chi connectivity index (χ1) is 8.17. The highest BCUT2D eigenvalue weighted by atomic mass is 16.5. The average molecular weight is 236 g/mol. The van der Waals surface area contributed by atoms with Crippen molar-refractivity contribution in [3.63, 3.8) is 0 Å². The molecule has 5 nitrogen and oxygen atoms in total. The maximum atomic E-state index is 11.0. The number of ether oxygens (including phenoxy) is 2. The third kappa shape index (κ3) is 4.14. The fourth-order valence-corrected chi connectivity index (χ4v) is 1.19. The Morgan fingerprint density at radius 1 is 1.35 bits per heavy atom. The maximum absolute atomic E-state index is 11.0. The van der Waals surface area contributed by atoms with Crippen molar-refractivity contribution in [2.45, 2.75) is 13.8 Å². The van der Waals surface area contributed by atoms with Crippen LogP contribution in [0.1, 0.15) is 19.4 Å². The van der Waals surface area contributed by atoms with E-state index >= 15 is 0 Å². The van der Waals surface area contributed by atoms with Gasteiger partial charge in [-0.2, -0.15) is 5.10 Å². The predicted octanol–water partition coefficient (Wildman–Crippen LogP) is 2.17. The van der Waals surface area contributed by atoms with Gasteiger partial charge in [-0.1, -0.05) is 0 Å². The summed E-state index contributed by atoms with van der Waals surface area (Å²) in [5.74, 6) is 0.778. The number of nitrogens with zero attached hydrogens (tertiary/aromatic N) is 1. The first kappa shape index (κ1) is 13.0. The van der Waals surface area contributed by atoms with Gasteiger partial charge in [-0.25, -0.2) is 10.2 Å². The summed E-state index contributed by atoms with van der Waals surface area (Å²) in [6.45, 7) is 3.86. The van der Waals surface area contributed by atoms with E-state index in [0.29, 0.717) is 12.3 Å². The standard InChI is InChI=1S/C12H16N2O3/c1-4-17-12(15)14-13-9(2)10-5-7-11(16-3)8-6-10/h5-8H,4H2,1-3H3,(H,14,15). The summed E-state index contributed by atoms with van der Waals surface area (Å²) < 4.78 is 9.74. The van der Waals surface area contributed by atoms with E-state index in [-0.39, 0.29) is 0 Å². The highest BCUT2D eigenvalue weighted by Gasteiger charge is 2.00. The Hall–Kier alpha value is -2.04. The van der Waals surface area contributed by atoms with Crippen molar-refractivity contribution in [3.05, 3.63) is 29.8 Å². The van der Waals surface area contributed by atoms with Crippen molar-refractivity contribution >= 4 is 11.8 Å². The van der Waals surface area contributed by atoms with E-state index in [4.69, 9.17) is 4.74 Å². The van der Waals surface area contributed by atoms with Crippen LogP contribution in [-0.4, -0.2) is 25.5 Å². The molecule has 1 N–H and O–H groups in total. The topological polar surface area (TPSA) is 59.9 Å². The van der Waals surface area contributed by atoms with Gasteiger partial charge in [0, 0.05) is 0 Å². The summed E-state index contributed by atoms with van der Waals surface area (Å²) in [6.07, 6.45) is -0.555. The molecule has 1 aromatic carbocycles. The lowest BCUT2D eigenvalue weighted by Crippen LogP contribution is -2.20. The van der Waals surface area contributed by atoms with E-state index in [1.54, 1.807) is 21.0 Å². The minimum absolute atomic E-state index is 0.322. The van der Waals surface area contributed by atoms with E-state index in [9.17, 15) is 4.79 Å². The molecular weight excluding hydrogens is 220 g/mol. The number of carbonyl (C=O) groups is 1. The van der Waals surface area contributed by atoms with E-state index < -0.39 is 6.09 Å². The quantitative estimate of drug-likeness (QED) is 0.643. The van der Waals surface area contributed by atoms with Gasteiger partial charge in [0.25, 0.3) is 0 Å². The second-order valence-corrected chi connectivity index (χ2v) is 3.26. The fraction of sp³-hybridized carbons (Fsp3) is 0.333. The van der Waals surface area contributed by atoms with Crippen LogP contribution in [0, 0.1) is 0 Å². The Labute approximate surface area is 100 Å². The number of hydrogen-bond acceptors (Lipinski definition) is 4. The molecule has 0 fully saturated rings. The lowest BCUT2D eigenvalue weighted by atomic mass is 10.1. The lowest BCUT2D eigenvalue weighted by Gasteiger charge is -2.04. The third-order valence-electron chi connectivity index (χ3n) is 2.10. The van der Waals surface area contributed by atoms with Gasteiger partial charge in [0.2, 0.25) is 0 Å². The molecule has 0 aliphatic heterocycles. The van der Waals surface area contributed by atoms with Crippen molar-refractivity contribution < 1.29 is 14.3 Å². The molecular formula is C12H16N2O3. The summed E-state index contributed by atoms with van der Waals surface area (Å²) >= 11 is 0. The second-order valence-electron chi connectivity index (χ2n) is 3.26. The molecule has 0 aliphatic carbocycles. The van der Waals surface area contributed by atoms with E-state index in [1.165, 1.54) is 0 Å². The highest BCUT2D eigenvalue weighted by molar-refractivity contribution is 5.99. The number of rotatable bonds is 4. The number of nitrogens with one attached hydrogen (secondary N) is 1. The lowest BCUT2D eigenvalue weighted by molar-refractivity contribution is 0.152. The van der Waals surface area contributed by atoms with Crippen molar-refractivity contribution in [2.75, 3.05) is 13.7 Å². The van der Waals surface area contributed by atoms with Crippen LogP contribution in [0.15, 0.2) is 29.4 Å². The third-order valence-corrected chi connectivity index (χ3v) is 2.10. The number of methoxy groups -OCH3 is 1. The van der Waals surface area contributed by atoms with Gasteiger partial charge >= 0.3 is 6.09 Å². The zero-order valence-corrected chi connectivity index (χ0v) is 10.2. The van der Waals surface area contributed by atoms with Gasteiger partial charge in [0.15, 0.2) is 0 Å². The molecule has 0 radical (unpaired) electrons. The van der Waals surface area contributed by atoms with Gasteiger partial charge in [0.1, 0.15) is 5.75 Å². The average Bonchev–Trinajstić information content (AvgIpc) is 2.36. The minimum atomic E-state index is -0.555. The molecule has 0 aliphatic rings. The van der Waals surface area contributed by atoms with Gasteiger partial charge in [-0.05, 0) is 43.7 Å². The van der Waals surface area contributed by atoms with Crippen molar-refractivity contribution in [1.29, 1.82) is 0 Å². The number of carbonyl (C=O) groups excluding carboxylic acids is 1. The van der Waals surface area contributed by atoms with Gasteiger partial charge in [-0.3, -0.25) is 0 Å². The molecule has 0 heterocycles. The van der Waals surface area contributed by atoms with E-state index in [1.807, 2.05) is 24.3 Å². The fourth-order valence-electron chi connectivity index (χ4n) is 1.19. The number of hydrogen-bond donors (Lipinski definition) is 1. The van der Waals surface area contributed by atoms with Crippen LogP contribution in [0.4, 0.5) is 4.79 Å². The van der Waals surface area contributed by atoms with E-state index in [2.05, 4.69) is 15.3 Å². The second kappa shape index (κ2) is 6.52. The first-order valence-electron chi connectivity index (χ1n) is 5.28. The molecule has 1 amide bonds.